The zero-order valence-electron chi connectivity index (χ0n) is 13.6. The predicted molar refractivity (Wildman–Crippen MR) is 91.3 cm³/mol. The molecule has 0 atom stereocenters. The molecule has 3 rings (SSSR count). The third-order valence-corrected chi connectivity index (χ3v) is 4.23. The maximum Gasteiger partial charge on any atom is 0.217 e. The molecule has 0 radical (unpaired) electrons. The van der Waals surface area contributed by atoms with Crippen LogP contribution >= 0.6 is 0 Å². The summed E-state index contributed by atoms with van der Waals surface area (Å²) in [5.74, 6) is 1.00. The Hall–Kier alpha value is -2.43. The van der Waals surface area contributed by atoms with Crippen molar-refractivity contribution in [3.63, 3.8) is 0 Å². The molecule has 0 unspecified atom stereocenters. The number of carbonyl (C=O) groups excluding carboxylic acids is 1. The molecule has 120 valence electrons. The van der Waals surface area contributed by atoms with Crippen LogP contribution < -0.4 is 10.2 Å². The van der Waals surface area contributed by atoms with Gasteiger partial charge in [-0.1, -0.05) is 29.8 Å². The highest BCUT2D eigenvalue weighted by molar-refractivity contribution is 5.73. The standard InChI is InChI=1S/C18H22N4O/c1-13-3-5-15(6-4-13)17-11-18(20-12-19-17)22-9-7-16(8-10-22)21-14(2)23/h3-6,11-12,16H,7-10H2,1-2H3,(H,21,23). The summed E-state index contributed by atoms with van der Waals surface area (Å²) >= 11 is 0. The van der Waals surface area contributed by atoms with Crippen molar-refractivity contribution in [2.75, 3.05) is 18.0 Å². The summed E-state index contributed by atoms with van der Waals surface area (Å²) in [6.07, 6.45) is 3.53. The number of amides is 1. The molecular weight excluding hydrogens is 288 g/mol. The molecule has 0 spiro atoms. The van der Waals surface area contributed by atoms with Gasteiger partial charge in [-0.3, -0.25) is 4.79 Å². The third kappa shape index (κ3) is 3.86. The van der Waals surface area contributed by atoms with Crippen LogP contribution in [-0.2, 0) is 4.79 Å². The molecule has 1 aromatic heterocycles. The van der Waals surface area contributed by atoms with E-state index in [9.17, 15) is 4.79 Å². The molecule has 1 fully saturated rings. The Labute approximate surface area is 136 Å². The minimum Gasteiger partial charge on any atom is -0.356 e. The summed E-state index contributed by atoms with van der Waals surface area (Å²) in [4.78, 5) is 22.2. The van der Waals surface area contributed by atoms with Crippen molar-refractivity contribution in [3.8, 4) is 11.3 Å². The predicted octanol–water partition coefficient (Wildman–Crippen LogP) is 2.56. The average molecular weight is 310 g/mol. The average Bonchev–Trinajstić information content (AvgIpc) is 2.56. The van der Waals surface area contributed by atoms with Crippen molar-refractivity contribution in [3.05, 3.63) is 42.2 Å². The van der Waals surface area contributed by atoms with Gasteiger partial charge in [0.05, 0.1) is 5.69 Å². The summed E-state index contributed by atoms with van der Waals surface area (Å²) in [5.41, 5.74) is 3.29. The summed E-state index contributed by atoms with van der Waals surface area (Å²) in [6, 6.07) is 10.7. The van der Waals surface area contributed by atoms with Crippen molar-refractivity contribution in [1.82, 2.24) is 15.3 Å². The van der Waals surface area contributed by atoms with E-state index in [0.717, 1.165) is 43.0 Å². The SMILES string of the molecule is CC(=O)NC1CCN(c2cc(-c3ccc(C)cc3)ncn2)CC1. The van der Waals surface area contributed by atoms with Crippen LogP contribution in [0.5, 0.6) is 0 Å². The van der Waals surface area contributed by atoms with Crippen molar-refractivity contribution < 1.29 is 4.79 Å². The Bertz CT molecular complexity index is 676. The largest absolute Gasteiger partial charge is 0.356 e. The first-order chi connectivity index (χ1) is 11.1. The van der Waals surface area contributed by atoms with E-state index in [-0.39, 0.29) is 11.9 Å². The molecule has 0 saturated carbocycles. The van der Waals surface area contributed by atoms with Crippen LogP contribution in [0.4, 0.5) is 5.82 Å². The fraction of sp³-hybridized carbons (Fsp3) is 0.389. The number of anilines is 1. The molecule has 1 aromatic carbocycles. The molecule has 5 heteroatoms. The first kappa shape index (κ1) is 15.5. The van der Waals surface area contributed by atoms with Crippen molar-refractivity contribution in [1.29, 1.82) is 0 Å². The van der Waals surface area contributed by atoms with E-state index < -0.39 is 0 Å². The lowest BCUT2D eigenvalue weighted by Gasteiger charge is -2.33. The maximum atomic E-state index is 11.1. The maximum absolute atomic E-state index is 11.1. The van der Waals surface area contributed by atoms with Gasteiger partial charge in [-0.25, -0.2) is 9.97 Å². The lowest BCUT2D eigenvalue weighted by atomic mass is 10.0. The number of nitrogens with one attached hydrogen (secondary N) is 1. The number of aromatic nitrogens is 2. The topological polar surface area (TPSA) is 58.1 Å². The van der Waals surface area contributed by atoms with Gasteiger partial charge in [0.2, 0.25) is 5.91 Å². The third-order valence-electron chi connectivity index (χ3n) is 4.23. The highest BCUT2D eigenvalue weighted by atomic mass is 16.1. The number of aryl methyl sites for hydroxylation is 1. The minimum atomic E-state index is 0.0483. The minimum absolute atomic E-state index is 0.0483. The second-order valence-electron chi connectivity index (χ2n) is 6.09. The lowest BCUT2D eigenvalue weighted by molar-refractivity contribution is -0.119. The van der Waals surface area contributed by atoms with E-state index in [1.807, 2.05) is 6.07 Å². The van der Waals surface area contributed by atoms with E-state index >= 15 is 0 Å². The van der Waals surface area contributed by atoms with Gasteiger partial charge in [-0.05, 0) is 19.8 Å². The van der Waals surface area contributed by atoms with Crippen LogP contribution in [0.15, 0.2) is 36.7 Å². The van der Waals surface area contributed by atoms with Crippen LogP contribution in [0.1, 0.15) is 25.3 Å². The van der Waals surface area contributed by atoms with Crippen molar-refractivity contribution in [2.24, 2.45) is 0 Å². The Kier molecular flexibility index (Phi) is 4.55. The van der Waals surface area contributed by atoms with Crippen LogP contribution in [0.2, 0.25) is 0 Å². The van der Waals surface area contributed by atoms with Gasteiger partial charge in [0, 0.05) is 37.7 Å². The van der Waals surface area contributed by atoms with Crippen LogP contribution in [0, 0.1) is 6.92 Å². The molecule has 0 aliphatic carbocycles. The summed E-state index contributed by atoms with van der Waals surface area (Å²) in [6.45, 7) is 5.45. The van der Waals surface area contributed by atoms with Gasteiger partial charge in [-0.15, -0.1) is 0 Å². The van der Waals surface area contributed by atoms with E-state index in [1.165, 1.54) is 5.56 Å². The van der Waals surface area contributed by atoms with Gasteiger partial charge in [0.15, 0.2) is 0 Å². The second-order valence-corrected chi connectivity index (χ2v) is 6.09. The van der Waals surface area contributed by atoms with Crippen LogP contribution in [-0.4, -0.2) is 35.0 Å². The zero-order valence-corrected chi connectivity index (χ0v) is 13.6. The Morgan fingerprint density at radius 3 is 2.52 bits per heavy atom. The van der Waals surface area contributed by atoms with Gasteiger partial charge >= 0.3 is 0 Å². The van der Waals surface area contributed by atoms with Gasteiger partial charge in [0.25, 0.3) is 0 Å². The number of hydrogen-bond donors (Lipinski definition) is 1. The van der Waals surface area contributed by atoms with Crippen LogP contribution in [0.25, 0.3) is 11.3 Å². The molecule has 0 bridgehead atoms. The van der Waals surface area contributed by atoms with E-state index in [2.05, 4.69) is 51.4 Å². The molecule has 1 saturated heterocycles. The highest BCUT2D eigenvalue weighted by Crippen LogP contribution is 2.23. The molecule has 2 aromatic rings. The zero-order chi connectivity index (χ0) is 16.2. The van der Waals surface area contributed by atoms with Gasteiger partial charge in [-0.2, -0.15) is 0 Å². The molecule has 1 amide bonds. The van der Waals surface area contributed by atoms with E-state index in [0.29, 0.717) is 0 Å². The Morgan fingerprint density at radius 2 is 1.87 bits per heavy atom. The summed E-state index contributed by atoms with van der Waals surface area (Å²) in [5, 5.41) is 3.00. The van der Waals surface area contributed by atoms with Crippen LogP contribution in [0.3, 0.4) is 0 Å². The Balaban J connectivity index is 1.71. The molecule has 1 aliphatic heterocycles. The Morgan fingerprint density at radius 1 is 1.17 bits per heavy atom. The van der Waals surface area contributed by atoms with Crippen molar-refractivity contribution in [2.45, 2.75) is 32.7 Å². The molecule has 1 aliphatic rings. The molecule has 5 nitrogen and oxygen atoms in total. The first-order valence-electron chi connectivity index (χ1n) is 8.03. The molecule has 23 heavy (non-hydrogen) atoms. The number of piperidine rings is 1. The van der Waals surface area contributed by atoms with Gasteiger partial charge < -0.3 is 10.2 Å². The van der Waals surface area contributed by atoms with E-state index in [4.69, 9.17) is 0 Å². The monoisotopic (exact) mass is 310 g/mol. The fourth-order valence-electron chi connectivity index (χ4n) is 2.94. The number of benzene rings is 1. The lowest BCUT2D eigenvalue weighted by Crippen LogP contribution is -2.44. The first-order valence-corrected chi connectivity index (χ1v) is 8.03. The highest BCUT2D eigenvalue weighted by Gasteiger charge is 2.21. The normalized spacial score (nSPS) is 15.5. The molecule has 1 N–H and O–H groups in total. The van der Waals surface area contributed by atoms with E-state index in [1.54, 1.807) is 13.3 Å². The number of carbonyl (C=O) groups is 1. The molecule has 2 heterocycles. The molecular formula is C18H22N4O. The number of hydrogen-bond acceptors (Lipinski definition) is 4. The summed E-state index contributed by atoms with van der Waals surface area (Å²) < 4.78 is 0. The summed E-state index contributed by atoms with van der Waals surface area (Å²) in [7, 11) is 0. The number of nitrogens with zero attached hydrogens (tertiary/aromatic N) is 3. The fourth-order valence-corrected chi connectivity index (χ4v) is 2.94. The second kappa shape index (κ2) is 6.77. The van der Waals surface area contributed by atoms with Crippen molar-refractivity contribution >= 4 is 11.7 Å². The van der Waals surface area contributed by atoms with Gasteiger partial charge in [0.1, 0.15) is 12.1 Å². The quantitative estimate of drug-likeness (QED) is 0.946. The smallest absolute Gasteiger partial charge is 0.217 e. The number of rotatable bonds is 3.